The summed E-state index contributed by atoms with van der Waals surface area (Å²) >= 11 is 5.24. The fraction of sp³-hybridized carbons (Fsp3) is 0.412. The zero-order valence-corrected chi connectivity index (χ0v) is 13.4. The Hall–Kier alpha value is -1.68. The molecular weight excluding hydrogens is 278 g/mol. The van der Waals surface area contributed by atoms with Crippen LogP contribution in [0.2, 0.25) is 0 Å². The highest BCUT2D eigenvalue weighted by Crippen LogP contribution is 2.33. The van der Waals surface area contributed by atoms with Crippen LogP contribution in [-0.4, -0.2) is 22.1 Å². The molecule has 110 valence electrons. The molecule has 0 bridgehead atoms. The fourth-order valence-corrected chi connectivity index (χ4v) is 3.55. The van der Waals surface area contributed by atoms with Gasteiger partial charge in [-0.15, -0.1) is 0 Å². The first kappa shape index (κ1) is 14.3. The Kier molecular flexibility index (Phi) is 3.81. The van der Waals surface area contributed by atoms with Crippen molar-refractivity contribution in [1.29, 1.82) is 0 Å². The highest BCUT2D eigenvalue weighted by atomic mass is 32.1. The molecular formula is C17H21N3S. The van der Waals surface area contributed by atoms with Gasteiger partial charge in [-0.05, 0) is 38.3 Å². The SMILES string of the molecule is CCC1CCC(C)N1c1cc(C(N)=S)c2ccccc2n1. The predicted octanol–water partition coefficient (Wildman–Crippen LogP) is 3.64. The monoisotopic (exact) mass is 299 g/mol. The zero-order valence-electron chi connectivity index (χ0n) is 12.5. The molecule has 0 saturated carbocycles. The van der Waals surface area contributed by atoms with E-state index < -0.39 is 0 Å². The Balaban J connectivity index is 2.17. The molecule has 3 nitrogen and oxygen atoms in total. The molecule has 4 heteroatoms. The van der Waals surface area contributed by atoms with Crippen molar-refractivity contribution >= 4 is 33.9 Å². The van der Waals surface area contributed by atoms with Crippen molar-refractivity contribution in [3.05, 3.63) is 35.9 Å². The van der Waals surface area contributed by atoms with Gasteiger partial charge in [0.1, 0.15) is 10.8 Å². The van der Waals surface area contributed by atoms with Crippen LogP contribution < -0.4 is 10.6 Å². The molecule has 2 unspecified atom stereocenters. The van der Waals surface area contributed by atoms with E-state index in [-0.39, 0.29) is 0 Å². The quantitative estimate of drug-likeness (QED) is 0.879. The zero-order chi connectivity index (χ0) is 15.0. The first-order chi connectivity index (χ1) is 10.1. The lowest BCUT2D eigenvalue weighted by Gasteiger charge is -2.29. The van der Waals surface area contributed by atoms with Crippen molar-refractivity contribution in [2.24, 2.45) is 5.73 Å². The lowest BCUT2D eigenvalue weighted by Crippen LogP contribution is -2.35. The molecule has 21 heavy (non-hydrogen) atoms. The Bertz CT molecular complexity index is 683. The summed E-state index contributed by atoms with van der Waals surface area (Å²) in [5.41, 5.74) is 7.83. The van der Waals surface area contributed by atoms with Gasteiger partial charge in [-0.25, -0.2) is 4.98 Å². The molecule has 1 aromatic heterocycles. The maximum atomic E-state index is 5.93. The Morgan fingerprint density at radius 2 is 2.14 bits per heavy atom. The molecule has 0 aliphatic carbocycles. The topological polar surface area (TPSA) is 42.1 Å². The number of nitrogens with two attached hydrogens (primary N) is 1. The maximum Gasteiger partial charge on any atom is 0.130 e. The molecule has 1 aliphatic heterocycles. The molecule has 0 spiro atoms. The molecule has 1 saturated heterocycles. The Morgan fingerprint density at radius 1 is 1.38 bits per heavy atom. The lowest BCUT2D eigenvalue weighted by atomic mass is 10.1. The number of fused-ring (bicyclic) bond motifs is 1. The smallest absolute Gasteiger partial charge is 0.130 e. The minimum absolute atomic E-state index is 0.440. The number of benzene rings is 1. The third kappa shape index (κ3) is 2.48. The van der Waals surface area contributed by atoms with Gasteiger partial charge in [0.25, 0.3) is 0 Å². The van der Waals surface area contributed by atoms with E-state index in [0.29, 0.717) is 17.1 Å². The van der Waals surface area contributed by atoms with Gasteiger partial charge in [0.15, 0.2) is 0 Å². The second kappa shape index (κ2) is 5.60. The summed E-state index contributed by atoms with van der Waals surface area (Å²) in [7, 11) is 0. The number of nitrogens with zero attached hydrogens (tertiary/aromatic N) is 2. The van der Waals surface area contributed by atoms with Gasteiger partial charge in [0, 0.05) is 23.0 Å². The molecule has 2 heterocycles. The number of pyridine rings is 1. The van der Waals surface area contributed by atoms with Crippen LogP contribution in [0.5, 0.6) is 0 Å². The van der Waals surface area contributed by atoms with Gasteiger partial charge in [-0.2, -0.15) is 0 Å². The Labute approximate surface area is 131 Å². The number of aromatic nitrogens is 1. The minimum atomic E-state index is 0.440. The number of hydrogen-bond donors (Lipinski definition) is 1. The summed E-state index contributed by atoms with van der Waals surface area (Å²) < 4.78 is 0. The van der Waals surface area contributed by atoms with E-state index in [1.165, 1.54) is 12.8 Å². The van der Waals surface area contributed by atoms with Crippen LogP contribution in [0.15, 0.2) is 30.3 Å². The van der Waals surface area contributed by atoms with Crippen LogP contribution in [0.25, 0.3) is 10.9 Å². The van der Waals surface area contributed by atoms with Gasteiger partial charge in [0.2, 0.25) is 0 Å². The number of anilines is 1. The third-order valence-electron chi connectivity index (χ3n) is 4.49. The molecule has 2 atom stereocenters. The van der Waals surface area contributed by atoms with Crippen molar-refractivity contribution in [3.8, 4) is 0 Å². The second-order valence-electron chi connectivity index (χ2n) is 5.81. The standard InChI is InChI=1S/C17H21N3S/c1-3-12-9-8-11(2)20(12)16-10-14(17(18)21)13-6-4-5-7-15(13)19-16/h4-7,10-12H,3,8-9H2,1-2H3,(H2,18,21). The van der Waals surface area contributed by atoms with E-state index in [2.05, 4.69) is 24.8 Å². The Morgan fingerprint density at radius 3 is 2.86 bits per heavy atom. The van der Waals surface area contributed by atoms with Crippen LogP contribution in [0, 0.1) is 0 Å². The highest BCUT2D eigenvalue weighted by Gasteiger charge is 2.30. The largest absolute Gasteiger partial charge is 0.389 e. The van der Waals surface area contributed by atoms with E-state index in [0.717, 1.165) is 28.7 Å². The van der Waals surface area contributed by atoms with Gasteiger partial charge in [0.05, 0.1) is 5.52 Å². The number of para-hydroxylation sites is 1. The number of hydrogen-bond acceptors (Lipinski definition) is 3. The first-order valence-electron chi connectivity index (χ1n) is 7.59. The predicted molar refractivity (Wildman–Crippen MR) is 92.9 cm³/mol. The minimum Gasteiger partial charge on any atom is -0.389 e. The average Bonchev–Trinajstić information content (AvgIpc) is 2.86. The summed E-state index contributed by atoms with van der Waals surface area (Å²) in [6, 6.07) is 11.2. The molecule has 1 aromatic carbocycles. The summed E-state index contributed by atoms with van der Waals surface area (Å²) in [5.74, 6) is 1.01. The van der Waals surface area contributed by atoms with Crippen LogP contribution in [0.4, 0.5) is 5.82 Å². The van der Waals surface area contributed by atoms with Crippen molar-refractivity contribution in [1.82, 2.24) is 4.98 Å². The van der Waals surface area contributed by atoms with Crippen LogP contribution >= 0.6 is 12.2 Å². The fourth-order valence-electron chi connectivity index (χ4n) is 3.38. The normalized spacial score (nSPS) is 21.9. The van der Waals surface area contributed by atoms with Gasteiger partial charge in [-0.3, -0.25) is 0 Å². The summed E-state index contributed by atoms with van der Waals surface area (Å²) in [5, 5.41) is 1.04. The van der Waals surface area contributed by atoms with Crippen LogP contribution in [0.1, 0.15) is 38.7 Å². The summed E-state index contributed by atoms with van der Waals surface area (Å²) in [6.07, 6.45) is 3.59. The molecule has 2 aromatic rings. The van der Waals surface area contributed by atoms with Gasteiger partial charge in [-0.1, -0.05) is 37.3 Å². The average molecular weight is 299 g/mol. The van der Waals surface area contributed by atoms with Crippen molar-refractivity contribution in [2.75, 3.05) is 4.90 Å². The van der Waals surface area contributed by atoms with E-state index in [1.807, 2.05) is 24.3 Å². The van der Waals surface area contributed by atoms with E-state index in [4.69, 9.17) is 22.9 Å². The summed E-state index contributed by atoms with van der Waals surface area (Å²) in [4.78, 5) is 7.74. The first-order valence-corrected chi connectivity index (χ1v) is 8.00. The third-order valence-corrected chi connectivity index (χ3v) is 4.71. The maximum absolute atomic E-state index is 5.93. The van der Waals surface area contributed by atoms with Crippen molar-refractivity contribution in [2.45, 2.75) is 45.2 Å². The summed E-state index contributed by atoms with van der Waals surface area (Å²) in [6.45, 7) is 4.51. The lowest BCUT2D eigenvalue weighted by molar-refractivity contribution is 0.622. The molecule has 1 fully saturated rings. The number of thiocarbonyl (C=S) groups is 1. The van der Waals surface area contributed by atoms with E-state index in [9.17, 15) is 0 Å². The molecule has 2 N–H and O–H groups in total. The van der Waals surface area contributed by atoms with E-state index in [1.54, 1.807) is 0 Å². The van der Waals surface area contributed by atoms with Crippen LogP contribution in [0.3, 0.4) is 0 Å². The van der Waals surface area contributed by atoms with Crippen molar-refractivity contribution in [3.63, 3.8) is 0 Å². The molecule has 0 amide bonds. The molecule has 3 rings (SSSR count). The van der Waals surface area contributed by atoms with Gasteiger partial charge < -0.3 is 10.6 Å². The van der Waals surface area contributed by atoms with E-state index >= 15 is 0 Å². The van der Waals surface area contributed by atoms with Gasteiger partial charge >= 0.3 is 0 Å². The van der Waals surface area contributed by atoms with Crippen molar-refractivity contribution < 1.29 is 0 Å². The second-order valence-corrected chi connectivity index (χ2v) is 6.24. The number of rotatable bonds is 3. The molecule has 0 radical (unpaired) electrons. The van der Waals surface area contributed by atoms with Crippen LogP contribution in [-0.2, 0) is 0 Å². The molecule has 1 aliphatic rings. The highest BCUT2D eigenvalue weighted by molar-refractivity contribution is 7.80.